The van der Waals surface area contributed by atoms with E-state index in [0.29, 0.717) is 6.04 Å². The van der Waals surface area contributed by atoms with Crippen LogP contribution in [-0.4, -0.2) is 35.9 Å². The third-order valence-electron chi connectivity index (χ3n) is 2.58. The molecule has 1 aromatic heterocycles. The summed E-state index contributed by atoms with van der Waals surface area (Å²) in [5, 5.41) is 11.6. The Bertz CT molecular complexity index is 295. The van der Waals surface area contributed by atoms with Crippen molar-refractivity contribution in [3.63, 3.8) is 0 Å². The minimum atomic E-state index is 0.501. The van der Waals surface area contributed by atoms with Gasteiger partial charge in [-0.3, -0.25) is 0 Å². The molecule has 1 N–H and O–H groups in total. The molecule has 4 nitrogen and oxygen atoms in total. The lowest BCUT2D eigenvalue weighted by Crippen LogP contribution is -2.50. The molecule has 0 unspecified atom stereocenters. The van der Waals surface area contributed by atoms with Gasteiger partial charge in [-0.15, -0.1) is 5.10 Å². The fraction of sp³-hybridized carbons (Fsp3) is 0.600. The van der Waals surface area contributed by atoms with Crippen LogP contribution in [0.1, 0.15) is 12.6 Å². The van der Waals surface area contributed by atoms with Gasteiger partial charge < -0.3 is 10.2 Å². The van der Waals surface area contributed by atoms with Crippen molar-refractivity contribution >= 4 is 5.82 Å². The van der Waals surface area contributed by atoms with E-state index in [4.69, 9.17) is 0 Å². The van der Waals surface area contributed by atoms with Gasteiger partial charge in [-0.2, -0.15) is 5.10 Å². The summed E-state index contributed by atoms with van der Waals surface area (Å²) in [7, 11) is 0. The van der Waals surface area contributed by atoms with Gasteiger partial charge in [0.2, 0.25) is 0 Å². The smallest absolute Gasteiger partial charge is 0.151 e. The van der Waals surface area contributed by atoms with Crippen molar-refractivity contribution in [3.8, 4) is 0 Å². The summed E-state index contributed by atoms with van der Waals surface area (Å²) in [6.07, 6.45) is 0. The van der Waals surface area contributed by atoms with Crippen LogP contribution in [0.15, 0.2) is 12.1 Å². The molecule has 0 spiro atoms. The van der Waals surface area contributed by atoms with Gasteiger partial charge in [0.15, 0.2) is 5.82 Å². The molecule has 0 radical (unpaired) electrons. The lowest BCUT2D eigenvalue weighted by molar-refractivity contribution is 0.495. The molecule has 14 heavy (non-hydrogen) atoms. The van der Waals surface area contributed by atoms with Gasteiger partial charge in [-0.25, -0.2) is 0 Å². The summed E-state index contributed by atoms with van der Waals surface area (Å²) in [5.74, 6) is 0.990. The number of aromatic nitrogens is 2. The molecule has 2 rings (SSSR count). The Kier molecular flexibility index (Phi) is 2.63. The van der Waals surface area contributed by atoms with Gasteiger partial charge in [-0.1, -0.05) is 0 Å². The molecule has 1 saturated heterocycles. The quantitative estimate of drug-likeness (QED) is 0.707. The summed E-state index contributed by atoms with van der Waals surface area (Å²) >= 11 is 0. The number of anilines is 1. The van der Waals surface area contributed by atoms with Crippen molar-refractivity contribution in [2.75, 3.05) is 24.5 Å². The van der Waals surface area contributed by atoms with Gasteiger partial charge in [0, 0.05) is 25.7 Å². The second-order valence-corrected chi connectivity index (χ2v) is 3.78. The number of nitrogens with one attached hydrogen (secondary N) is 1. The van der Waals surface area contributed by atoms with E-state index in [9.17, 15) is 0 Å². The molecular formula is C10H16N4. The number of piperazine rings is 1. The fourth-order valence-electron chi connectivity index (χ4n) is 1.73. The normalized spacial score (nSPS) is 22.4. The first-order valence-corrected chi connectivity index (χ1v) is 5.05. The van der Waals surface area contributed by atoms with E-state index in [-0.39, 0.29) is 0 Å². The Morgan fingerprint density at radius 2 is 2.29 bits per heavy atom. The van der Waals surface area contributed by atoms with Gasteiger partial charge in [-0.05, 0) is 26.0 Å². The third-order valence-corrected chi connectivity index (χ3v) is 2.58. The number of hydrogen-bond acceptors (Lipinski definition) is 4. The van der Waals surface area contributed by atoms with E-state index >= 15 is 0 Å². The van der Waals surface area contributed by atoms with Crippen molar-refractivity contribution in [3.05, 3.63) is 17.8 Å². The standard InChI is InChI=1S/C10H16N4/c1-8-3-4-10(13-12-8)14-6-5-11-7-9(14)2/h3-4,9,11H,5-7H2,1-2H3/t9-/m0/s1. The van der Waals surface area contributed by atoms with Crippen molar-refractivity contribution in [2.24, 2.45) is 0 Å². The van der Waals surface area contributed by atoms with Crippen LogP contribution in [0.3, 0.4) is 0 Å². The summed E-state index contributed by atoms with van der Waals surface area (Å²) in [5.41, 5.74) is 0.969. The first-order chi connectivity index (χ1) is 6.77. The molecule has 0 aromatic carbocycles. The SMILES string of the molecule is Cc1ccc(N2CCNC[C@@H]2C)nn1. The summed E-state index contributed by atoms with van der Waals surface area (Å²) in [6, 6.07) is 4.56. The van der Waals surface area contributed by atoms with Gasteiger partial charge in [0.1, 0.15) is 0 Å². The topological polar surface area (TPSA) is 41.0 Å². The Balaban J connectivity index is 2.16. The van der Waals surface area contributed by atoms with Crippen LogP contribution < -0.4 is 10.2 Å². The van der Waals surface area contributed by atoms with E-state index in [0.717, 1.165) is 31.1 Å². The molecule has 1 atom stereocenters. The van der Waals surface area contributed by atoms with E-state index in [2.05, 4.69) is 27.3 Å². The minimum absolute atomic E-state index is 0.501. The molecule has 0 saturated carbocycles. The first-order valence-electron chi connectivity index (χ1n) is 5.05. The lowest BCUT2D eigenvalue weighted by atomic mass is 10.2. The molecule has 1 aliphatic heterocycles. The highest BCUT2D eigenvalue weighted by atomic mass is 15.3. The average molecular weight is 192 g/mol. The lowest BCUT2D eigenvalue weighted by Gasteiger charge is -2.34. The number of nitrogens with zero attached hydrogens (tertiary/aromatic N) is 3. The highest BCUT2D eigenvalue weighted by molar-refractivity contribution is 5.39. The van der Waals surface area contributed by atoms with E-state index in [1.54, 1.807) is 0 Å². The maximum atomic E-state index is 4.20. The first kappa shape index (κ1) is 9.40. The number of aryl methyl sites for hydroxylation is 1. The van der Waals surface area contributed by atoms with Crippen LogP contribution >= 0.6 is 0 Å². The fourth-order valence-corrected chi connectivity index (χ4v) is 1.73. The highest BCUT2D eigenvalue weighted by Crippen LogP contribution is 2.13. The largest absolute Gasteiger partial charge is 0.350 e. The molecule has 1 aliphatic rings. The number of hydrogen-bond donors (Lipinski definition) is 1. The molecular weight excluding hydrogens is 176 g/mol. The molecule has 0 aliphatic carbocycles. The maximum Gasteiger partial charge on any atom is 0.151 e. The van der Waals surface area contributed by atoms with Crippen molar-refractivity contribution in [1.82, 2.24) is 15.5 Å². The van der Waals surface area contributed by atoms with Crippen LogP contribution in [0.4, 0.5) is 5.82 Å². The second-order valence-electron chi connectivity index (χ2n) is 3.78. The Hall–Kier alpha value is -1.16. The molecule has 76 valence electrons. The van der Waals surface area contributed by atoms with Crippen LogP contribution in [0.5, 0.6) is 0 Å². The van der Waals surface area contributed by atoms with Crippen molar-refractivity contribution < 1.29 is 0 Å². The Morgan fingerprint density at radius 3 is 2.93 bits per heavy atom. The monoisotopic (exact) mass is 192 g/mol. The zero-order valence-electron chi connectivity index (χ0n) is 8.70. The summed E-state index contributed by atoms with van der Waals surface area (Å²) in [4.78, 5) is 2.29. The molecule has 1 aromatic rings. The molecule has 1 fully saturated rings. The van der Waals surface area contributed by atoms with E-state index in [1.807, 2.05) is 19.1 Å². The van der Waals surface area contributed by atoms with Crippen molar-refractivity contribution in [2.45, 2.75) is 19.9 Å². The number of rotatable bonds is 1. The van der Waals surface area contributed by atoms with Crippen molar-refractivity contribution in [1.29, 1.82) is 0 Å². The Morgan fingerprint density at radius 1 is 1.43 bits per heavy atom. The Labute approximate surface area is 84.3 Å². The zero-order chi connectivity index (χ0) is 9.97. The third kappa shape index (κ3) is 1.85. The van der Waals surface area contributed by atoms with Gasteiger partial charge >= 0.3 is 0 Å². The molecule has 4 heteroatoms. The van der Waals surface area contributed by atoms with E-state index in [1.165, 1.54) is 0 Å². The predicted molar refractivity (Wildman–Crippen MR) is 56.4 cm³/mol. The molecule has 2 heterocycles. The van der Waals surface area contributed by atoms with Gasteiger partial charge in [0.05, 0.1) is 5.69 Å². The van der Waals surface area contributed by atoms with Crippen LogP contribution in [0, 0.1) is 6.92 Å². The summed E-state index contributed by atoms with van der Waals surface area (Å²) in [6.45, 7) is 7.22. The van der Waals surface area contributed by atoms with Gasteiger partial charge in [0.25, 0.3) is 0 Å². The van der Waals surface area contributed by atoms with Crippen LogP contribution in [0.25, 0.3) is 0 Å². The predicted octanol–water partition coefficient (Wildman–Crippen LogP) is 0.583. The van der Waals surface area contributed by atoms with E-state index < -0.39 is 0 Å². The second kappa shape index (κ2) is 3.92. The van der Waals surface area contributed by atoms with Crippen LogP contribution in [-0.2, 0) is 0 Å². The zero-order valence-corrected chi connectivity index (χ0v) is 8.70. The maximum absolute atomic E-state index is 4.20. The average Bonchev–Trinajstić information content (AvgIpc) is 2.20. The molecule has 0 bridgehead atoms. The highest BCUT2D eigenvalue weighted by Gasteiger charge is 2.18. The minimum Gasteiger partial charge on any atom is -0.350 e. The summed E-state index contributed by atoms with van der Waals surface area (Å²) < 4.78 is 0. The van der Waals surface area contributed by atoms with Crippen LogP contribution in [0.2, 0.25) is 0 Å². The molecule has 0 amide bonds.